The zero-order valence-electron chi connectivity index (χ0n) is 6.53. The SMILES string of the molecule is Brc1cnc[nH]1.N#Cc1cnc[nH]1. The molecule has 0 aliphatic carbocycles. The van der Waals surface area contributed by atoms with Gasteiger partial charge in [-0.05, 0) is 15.9 Å². The lowest BCUT2D eigenvalue weighted by molar-refractivity contribution is 1.29. The van der Waals surface area contributed by atoms with Crippen LogP contribution in [0.1, 0.15) is 5.69 Å². The average molecular weight is 240 g/mol. The van der Waals surface area contributed by atoms with E-state index in [2.05, 4.69) is 35.9 Å². The van der Waals surface area contributed by atoms with Crippen LogP contribution in [-0.2, 0) is 0 Å². The zero-order valence-corrected chi connectivity index (χ0v) is 8.12. The van der Waals surface area contributed by atoms with Crippen molar-refractivity contribution in [3.63, 3.8) is 0 Å². The maximum Gasteiger partial charge on any atom is 0.137 e. The van der Waals surface area contributed by atoms with Gasteiger partial charge in [-0.25, -0.2) is 9.97 Å². The zero-order chi connectivity index (χ0) is 9.52. The highest BCUT2D eigenvalue weighted by molar-refractivity contribution is 9.10. The van der Waals surface area contributed by atoms with E-state index in [4.69, 9.17) is 5.26 Å². The normalized spacial score (nSPS) is 8.31. The summed E-state index contributed by atoms with van der Waals surface area (Å²) < 4.78 is 0.919. The lowest BCUT2D eigenvalue weighted by Crippen LogP contribution is -1.64. The smallest absolute Gasteiger partial charge is 0.137 e. The standard InChI is InChI=1S/C4H3N3.C3H3BrN2/c5-1-4-2-6-3-7-4;4-3-1-5-2-6-3/h2-3H,(H,6,7);1-2H,(H,5,6). The summed E-state index contributed by atoms with van der Waals surface area (Å²) in [7, 11) is 0. The van der Waals surface area contributed by atoms with E-state index >= 15 is 0 Å². The van der Waals surface area contributed by atoms with Crippen molar-refractivity contribution in [2.45, 2.75) is 0 Å². The molecular formula is C7H6BrN5. The molecule has 0 spiro atoms. The molecule has 0 atom stereocenters. The number of hydrogen-bond donors (Lipinski definition) is 2. The predicted octanol–water partition coefficient (Wildman–Crippen LogP) is 1.45. The monoisotopic (exact) mass is 239 g/mol. The molecular weight excluding hydrogens is 234 g/mol. The number of nitriles is 1. The summed E-state index contributed by atoms with van der Waals surface area (Å²) in [6.07, 6.45) is 6.25. The number of halogens is 1. The minimum absolute atomic E-state index is 0.500. The first-order chi connectivity index (χ1) is 6.33. The van der Waals surface area contributed by atoms with Crippen LogP contribution in [-0.4, -0.2) is 19.9 Å². The van der Waals surface area contributed by atoms with Crippen LogP contribution in [0.25, 0.3) is 0 Å². The van der Waals surface area contributed by atoms with Gasteiger partial charge < -0.3 is 9.97 Å². The first kappa shape index (κ1) is 9.48. The molecule has 0 aliphatic heterocycles. The Bertz CT molecular complexity index is 358. The number of aromatic amines is 2. The molecule has 6 heteroatoms. The highest BCUT2D eigenvalue weighted by atomic mass is 79.9. The molecule has 0 bridgehead atoms. The van der Waals surface area contributed by atoms with Gasteiger partial charge in [-0.1, -0.05) is 0 Å². The van der Waals surface area contributed by atoms with Gasteiger partial charge in [0.05, 0.1) is 25.0 Å². The van der Waals surface area contributed by atoms with Crippen molar-refractivity contribution >= 4 is 15.9 Å². The van der Waals surface area contributed by atoms with E-state index in [-0.39, 0.29) is 0 Å². The molecule has 2 rings (SSSR count). The van der Waals surface area contributed by atoms with Crippen LogP contribution in [0.4, 0.5) is 0 Å². The van der Waals surface area contributed by atoms with Crippen molar-refractivity contribution in [2.75, 3.05) is 0 Å². The summed E-state index contributed by atoms with van der Waals surface area (Å²) in [6, 6.07) is 1.89. The van der Waals surface area contributed by atoms with Crippen molar-refractivity contribution in [2.24, 2.45) is 0 Å². The summed E-state index contributed by atoms with van der Waals surface area (Å²) in [5.41, 5.74) is 0.500. The van der Waals surface area contributed by atoms with E-state index in [9.17, 15) is 0 Å². The fourth-order valence-electron chi connectivity index (χ4n) is 0.556. The molecule has 0 fully saturated rings. The van der Waals surface area contributed by atoms with Gasteiger partial charge >= 0.3 is 0 Å². The molecule has 0 saturated carbocycles. The third kappa shape index (κ3) is 3.53. The number of imidazole rings is 2. The Morgan fingerprint density at radius 2 is 1.92 bits per heavy atom. The second-order valence-corrected chi connectivity index (χ2v) is 2.83. The van der Waals surface area contributed by atoms with Gasteiger partial charge in [-0.3, -0.25) is 0 Å². The average Bonchev–Trinajstić information content (AvgIpc) is 2.76. The van der Waals surface area contributed by atoms with Gasteiger partial charge in [0.2, 0.25) is 0 Å². The fraction of sp³-hybridized carbons (Fsp3) is 0. The molecule has 0 aromatic carbocycles. The second kappa shape index (κ2) is 5.11. The van der Waals surface area contributed by atoms with Crippen molar-refractivity contribution in [1.29, 1.82) is 5.26 Å². The Labute approximate surface area is 83.0 Å². The fourth-order valence-corrected chi connectivity index (χ4v) is 0.777. The summed E-state index contributed by atoms with van der Waals surface area (Å²) in [4.78, 5) is 12.8. The Hall–Kier alpha value is -1.61. The maximum atomic E-state index is 8.11. The van der Waals surface area contributed by atoms with E-state index < -0.39 is 0 Å². The van der Waals surface area contributed by atoms with Crippen LogP contribution in [0.2, 0.25) is 0 Å². The van der Waals surface area contributed by atoms with Crippen LogP contribution in [0, 0.1) is 11.3 Å². The minimum Gasteiger partial charge on any atom is -0.339 e. The van der Waals surface area contributed by atoms with E-state index in [0.717, 1.165) is 4.60 Å². The van der Waals surface area contributed by atoms with Gasteiger partial charge in [0.25, 0.3) is 0 Å². The third-order valence-corrected chi connectivity index (χ3v) is 1.52. The Morgan fingerprint density at radius 1 is 1.23 bits per heavy atom. The molecule has 2 aromatic heterocycles. The van der Waals surface area contributed by atoms with Crippen LogP contribution >= 0.6 is 15.9 Å². The van der Waals surface area contributed by atoms with E-state index in [1.807, 2.05) is 6.07 Å². The second-order valence-electron chi connectivity index (χ2n) is 1.98. The molecule has 0 unspecified atom stereocenters. The van der Waals surface area contributed by atoms with E-state index in [0.29, 0.717) is 5.69 Å². The molecule has 2 N–H and O–H groups in total. The summed E-state index contributed by atoms with van der Waals surface area (Å²) in [6.45, 7) is 0. The summed E-state index contributed by atoms with van der Waals surface area (Å²) >= 11 is 3.16. The Balaban J connectivity index is 0.000000132. The molecule has 5 nitrogen and oxygen atoms in total. The van der Waals surface area contributed by atoms with Crippen LogP contribution in [0.3, 0.4) is 0 Å². The van der Waals surface area contributed by atoms with Crippen molar-refractivity contribution < 1.29 is 0 Å². The van der Waals surface area contributed by atoms with Crippen molar-refractivity contribution in [3.8, 4) is 6.07 Å². The number of rotatable bonds is 0. The molecule has 13 heavy (non-hydrogen) atoms. The van der Waals surface area contributed by atoms with E-state index in [1.54, 1.807) is 12.5 Å². The molecule has 2 heterocycles. The lowest BCUT2D eigenvalue weighted by atomic mass is 10.6. The maximum absolute atomic E-state index is 8.11. The number of hydrogen-bond acceptors (Lipinski definition) is 3. The van der Waals surface area contributed by atoms with Gasteiger partial charge in [0, 0.05) is 0 Å². The minimum atomic E-state index is 0.500. The predicted molar refractivity (Wildman–Crippen MR) is 49.6 cm³/mol. The molecule has 0 radical (unpaired) electrons. The summed E-state index contributed by atoms with van der Waals surface area (Å²) in [5, 5.41) is 8.11. The Kier molecular flexibility index (Phi) is 3.73. The van der Waals surface area contributed by atoms with Gasteiger partial charge in [-0.15, -0.1) is 0 Å². The summed E-state index contributed by atoms with van der Waals surface area (Å²) in [5.74, 6) is 0. The van der Waals surface area contributed by atoms with Crippen LogP contribution < -0.4 is 0 Å². The van der Waals surface area contributed by atoms with E-state index in [1.165, 1.54) is 12.5 Å². The van der Waals surface area contributed by atoms with Gasteiger partial charge in [-0.2, -0.15) is 5.26 Å². The number of aromatic nitrogens is 4. The Morgan fingerprint density at radius 3 is 2.15 bits per heavy atom. The van der Waals surface area contributed by atoms with Crippen LogP contribution in [0.5, 0.6) is 0 Å². The van der Waals surface area contributed by atoms with Gasteiger partial charge in [0.1, 0.15) is 16.4 Å². The van der Waals surface area contributed by atoms with Gasteiger partial charge in [0.15, 0.2) is 0 Å². The third-order valence-electron chi connectivity index (χ3n) is 1.08. The first-order valence-electron chi connectivity index (χ1n) is 3.35. The number of nitrogens with one attached hydrogen (secondary N) is 2. The highest BCUT2D eigenvalue weighted by Crippen LogP contribution is 1.98. The van der Waals surface area contributed by atoms with Crippen molar-refractivity contribution in [1.82, 2.24) is 19.9 Å². The molecule has 2 aromatic rings. The number of H-pyrrole nitrogens is 2. The van der Waals surface area contributed by atoms with Crippen molar-refractivity contribution in [3.05, 3.63) is 35.3 Å². The highest BCUT2D eigenvalue weighted by Gasteiger charge is 1.82. The largest absolute Gasteiger partial charge is 0.339 e. The quantitative estimate of drug-likeness (QED) is 0.731. The molecule has 0 aliphatic rings. The molecule has 66 valence electrons. The molecule has 0 saturated heterocycles. The first-order valence-corrected chi connectivity index (χ1v) is 4.14. The van der Waals surface area contributed by atoms with Crippen LogP contribution in [0.15, 0.2) is 29.7 Å². The molecule has 0 amide bonds. The number of nitrogens with zero attached hydrogens (tertiary/aromatic N) is 3. The lowest BCUT2D eigenvalue weighted by Gasteiger charge is -1.64. The topological polar surface area (TPSA) is 81.2 Å².